The molecule has 0 aliphatic carbocycles. The van der Waals surface area contributed by atoms with Crippen molar-refractivity contribution in [2.45, 2.75) is 19.4 Å². The Morgan fingerprint density at radius 3 is 2.00 bits per heavy atom. The van der Waals surface area contributed by atoms with Gasteiger partial charge < -0.3 is 10.0 Å². The molecule has 0 atom stereocenters. The molecule has 4 nitrogen and oxygen atoms in total. The van der Waals surface area contributed by atoms with Gasteiger partial charge in [-0.3, -0.25) is 0 Å². The molecular weight excluding hydrogens is 166 g/mol. The highest BCUT2D eigenvalue weighted by Gasteiger charge is 2.16. The van der Waals surface area contributed by atoms with Crippen LogP contribution in [0.4, 0.5) is 5.95 Å². The van der Waals surface area contributed by atoms with E-state index in [1.165, 1.54) is 0 Å². The van der Waals surface area contributed by atoms with Gasteiger partial charge in [-0.2, -0.15) is 0 Å². The van der Waals surface area contributed by atoms with Crippen LogP contribution in [0.2, 0.25) is 0 Å². The quantitative estimate of drug-likeness (QED) is 0.732. The molecule has 0 unspecified atom stereocenters. The van der Waals surface area contributed by atoms with Gasteiger partial charge in [-0.1, -0.05) is 0 Å². The highest BCUT2D eigenvalue weighted by Crippen LogP contribution is 2.18. The molecule has 1 N–H and O–H groups in total. The highest BCUT2D eigenvalue weighted by molar-refractivity contribution is 5.28. The Kier molecular flexibility index (Phi) is 2.52. The van der Waals surface area contributed by atoms with Crippen LogP contribution in [0.5, 0.6) is 0 Å². The zero-order valence-corrected chi connectivity index (χ0v) is 8.44. The maximum atomic E-state index is 9.62. The second kappa shape index (κ2) is 3.30. The molecular formula is C9H15N3O. The molecule has 4 heteroatoms. The Labute approximate surface area is 78.2 Å². The number of aliphatic hydroxyl groups is 1. The van der Waals surface area contributed by atoms with Crippen molar-refractivity contribution in [3.63, 3.8) is 0 Å². The SMILES string of the molecule is CN(C)c1ncc(C(C)(C)O)cn1. The first-order valence-corrected chi connectivity index (χ1v) is 4.13. The van der Waals surface area contributed by atoms with Gasteiger partial charge in [0.05, 0.1) is 5.60 Å². The molecule has 1 rings (SSSR count). The number of aromatic nitrogens is 2. The van der Waals surface area contributed by atoms with Crippen molar-refractivity contribution in [1.29, 1.82) is 0 Å². The highest BCUT2D eigenvalue weighted by atomic mass is 16.3. The molecule has 0 fully saturated rings. The topological polar surface area (TPSA) is 49.2 Å². The van der Waals surface area contributed by atoms with E-state index in [0.29, 0.717) is 5.95 Å². The summed E-state index contributed by atoms with van der Waals surface area (Å²) in [4.78, 5) is 10.0. The monoisotopic (exact) mass is 181 g/mol. The summed E-state index contributed by atoms with van der Waals surface area (Å²) in [5, 5.41) is 9.62. The number of anilines is 1. The van der Waals surface area contributed by atoms with E-state index in [0.717, 1.165) is 5.56 Å². The summed E-state index contributed by atoms with van der Waals surface area (Å²) in [6, 6.07) is 0. The summed E-state index contributed by atoms with van der Waals surface area (Å²) in [6.45, 7) is 3.42. The molecule has 0 saturated carbocycles. The first kappa shape index (κ1) is 9.92. The van der Waals surface area contributed by atoms with Crippen molar-refractivity contribution in [3.8, 4) is 0 Å². The Morgan fingerprint density at radius 1 is 1.23 bits per heavy atom. The first-order valence-electron chi connectivity index (χ1n) is 4.13. The minimum absolute atomic E-state index is 0.646. The molecule has 0 aromatic carbocycles. The van der Waals surface area contributed by atoms with E-state index in [4.69, 9.17) is 0 Å². The molecule has 0 saturated heterocycles. The third-order valence-corrected chi connectivity index (χ3v) is 1.74. The smallest absolute Gasteiger partial charge is 0.224 e. The van der Waals surface area contributed by atoms with Crippen molar-refractivity contribution in [3.05, 3.63) is 18.0 Å². The summed E-state index contributed by atoms with van der Waals surface area (Å²) in [5.41, 5.74) is -0.150. The summed E-state index contributed by atoms with van der Waals surface area (Å²) >= 11 is 0. The fraction of sp³-hybridized carbons (Fsp3) is 0.556. The third kappa shape index (κ3) is 2.39. The molecule has 0 bridgehead atoms. The standard InChI is InChI=1S/C9H15N3O/c1-9(2,13)7-5-10-8(11-6-7)12(3)4/h5-6,13H,1-4H3. The summed E-state index contributed by atoms with van der Waals surface area (Å²) < 4.78 is 0. The zero-order valence-electron chi connectivity index (χ0n) is 8.44. The van der Waals surface area contributed by atoms with Gasteiger partial charge in [-0.05, 0) is 13.8 Å². The Bertz CT molecular complexity index is 274. The molecule has 1 aromatic rings. The second-order valence-corrected chi connectivity index (χ2v) is 3.73. The Morgan fingerprint density at radius 2 is 1.69 bits per heavy atom. The van der Waals surface area contributed by atoms with E-state index in [9.17, 15) is 5.11 Å². The van der Waals surface area contributed by atoms with Gasteiger partial charge in [-0.15, -0.1) is 0 Å². The van der Waals surface area contributed by atoms with Gasteiger partial charge >= 0.3 is 0 Å². The predicted molar refractivity (Wildman–Crippen MR) is 51.6 cm³/mol. The molecule has 13 heavy (non-hydrogen) atoms. The van der Waals surface area contributed by atoms with Crippen LogP contribution < -0.4 is 4.90 Å². The number of rotatable bonds is 2. The van der Waals surface area contributed by atoms with Gasteiger partial charge in [0.1, 0.15) is 0 Å². The number of hydrogen-bond donors (Lipinski definition) is 1. The van der Waals surface area contributed by atoms with Crippen LogP contribution in [0.3, 0.4) is 0 Å². The van der Waals surface area contributed by atoms with Crippen LogP contribution in [-0.4, -0.2) is 29.2 Å². The minimum atomic E-state index is -0.870. The molecule has 0 spiro atoms. The Balaban J connectivity index is 2.94. The Hall–Kier alpha value is -1.16. The lowest BCUT2D eigenvalue weighted by Gasteiger charge is -2.17. The molecule has 0 aliphatic rings. The maximum absolute atomic E-state index is 9.62. The average molecular weight is 181 g/mol. The molecule has 0 amide bonds. The average Bonchev–Trinajstić information content (AvgIpc) is 2.03. The van der Waals surface area contributed by atoms with Crippen LogP contribution >= 0.6 is 0 Å². The lowest BCUT2D eigenvalue weighted by Crippen LogP contribution is -2.18. The molecule has 0 radical (unpaired) electrons. The van der Waals surface area contributed by atoms with Gasteiger partial charge in [-0.25, -0.2) is 9.97 Å². The largest absolute Gasteiger partial charge is 0.386 e. The lowest BCUT2D eigenvalue weighted by atomic mass is 10.0. The van der Waals surface area contributed by atoms with Gasteiger partial charge in [0.15, 0.2) is 0 Å². The normalized spacial score (nSPS) is 11.5. The molecule has 1 aromatic heterocycles. The minimum Gasteiger partial charge on any atom is -0.386 e. The summed E-state index contributed by atoms with van der Waals surface area (Å²) in [7, 11) is 3.75. The van der Waals surface area contributed by atoms with E-state index in [1.54, 1.807) is 26.2 Å². The van der Waals surface area contributed by atoms with Crippen molar-refractivity contribution in [2.75, 3.05) is 19.0 Å². The first-order chi connectivity index (χ1) is 5.91. The fourth-order valence-corrected chi connectivity index (χ4v) is 0.868. The van der Waals surface area contributed by atoms with Crippen LogP contribution in [0.15, 0.2) is 12.4 Å². The van der Waals surface area contributed by atoms with Crippen molar-refractivity contribution < 1.29 is 5.11 Å². The van der Waals surface area contributed by atoms with Crippen LogP contribution in [-0.2, 0) is 5.60 Å². The van der Waals surface area contributed by atoms with Gasteiger partial charge in [0.2, 0.25) is 5.95 Å². The molecule has 1 heterocycles. The van der Waals surface area contributed by atoms with E-state index in [2.05, 4.69) is 9.97 Å². The van der Waals surface area contributed by atoms with Gasteiger partial charge in [0, 0.05) is 32.1 Å². The van der Waals surface area contributed by atoms with Crippen molar-refractivity contribution in [2.24, 2.45) is 0 Å². The van der Waals surface area contributed by atoms with E-state index in [-0.39, 0.29) is 0 Å². The predicted octanol–water partition coefficient (Wildman–Crippen LogP) is 0.770. The van der Waals surface area contributed by atoms with Gasteiger partial charge in [0.25, 0.3) is 0 Å². The van der Waals surface area contributed by atoms with Crippen molar-refractivity contribution >= 4 is 5.95 Å². The zero-order chi connectivity index (χ0) is 10.1. The van der Waals surface area contributed by atoms with E-state index < -0.39 is 5.60 Å². The lowest BCUT2D eigenvalue weighted by molar-refractivity contribution is 0.0778. The second-order valence-electron chi connectivity index (χ2n) is 3.73. The summed E-state index contributed by atoms with van der Waals surface area (Å²) in [6.07, 6.45) is 3.28. The molecule has 0 aliphatic heterocycles. The number of hydrogen-bond acceptors (Lipinski definition) is 4. The van der Waals surface area contributed by atoms with Crippen LogP contribution in [0, 0.1) is 0 Å². The third-order valence-electron chi connectivity index (χ3n) is 1.74. The van der Waals surface area contributed by atoms with Crippen LogP contribution in [0.1, 0.15) is 19.4 Å². The molecule has 72 valence electrons. The fourth-order valence-electron chi connectivity index (χ4n) is 0.868. The van der Waals surface area contributed by atoms with Crippen LogP contribution in [0.25, 0.3) is 0 Å². The van der Waals surface area contributed by atoms with Crippen molar-refractivity contribution in [1.82, 2.24) is 9.97 Å². The van der Waals surface area contributed by atoms with E-state index in [1.807, 2.05) is 19.0 Å². The van der Waals surface area contributed by atoms with E-state index >= 15 is 0 Å². The summed E-state index contributed by atoms with van der Waals surface area (Å²) in [5.74, 6) is 0.646. The maximum Gasteiger partial charge on any atom is 0.224 e. The number of nitrogens with zero attached hydrogens (tertiary/aromatic N) is 3.